The third kappa shape index (κ3) is 3.40. The first-order valence-electron chi connectivity index (χ1n) is 6.29. The maximum absolute atomic E-state index is 8.89. The lowest BCUT2D eigenvalue weighted by atomic mass is 10.1. The number of aliphatic hydroxyl groups is 1. The van der Waals surface area contributed by atoms with Crippen LogP contribution < -0.4 is 5.73 Å². The molecule has 2 heterocycles. The molecule has 0 atom stereocenters. The summed E-state index contributed by atoms with van der Waals surface area (Å²) in [7, 11) is 2.03. The Morgan fingerprint density at radius 1 is 1.53 bits per heavy atom. The fourth-order valence-corrected chi connectivity index (χ4v) is 1.99. The minimum atomic E-state index is 0.0772. The average molecular weight is 264 g/mol. The first-order valence-corrected chi connectivity index (χ1v) is 6.29. The number of aromatic amines is 1. The average Bonchev–Trinajstić information content (AvgIpc) is 2.98. The molecule has 0 spiro atoms. The van der Waals surface area contributed by atoms with Gasteiger partial charge in [0, 0.05) is 43.2 Å². The topological polar surface area (TPSA) is 96.0 Å². The van der Waals surface area contributed by atoms with Gasteiger partial charge in [0.1, 0.15) is 0 Å². The Balaban J connectivity index is 2.13. The van der Waals surface area contributed by atoms with Crippen molar-refractivity contribution in [1.29, 1.82) is 0 Å². The van der Waals surface area contributed by atoms with Gasteiger partial charge in [0.15, 0.2) is 0 Å². The van der Waals surface area contributed by atoms with E-state index in [4.69, 9.17) is 10.8 Å². The van der Waals surface area contributed by atoms with Crippen molar-refractivity contribution in [3.8, 4) is 11.3 Å². The Hall–Kier alpha value is -1.70. The zero-order valence-electron chi connectivity index (χ0n) is 11.1. The van der Waals surface area contributed by atoms with Crippen molar-refractivity contribution >= 4 is 0 Å². The van der Waals surface area contributed by atoms with E-state index >= 15 is 0 Å². The van der Waals surface area contributed by atoms with Gasteiger partial charge < -0.3 is 15.7 Å². The highest BCUT2D eigenvalue weighted by molar-refractivity contribution is 5.60. The third-order valence-corrected chi connectivity index (χ3v) is 2.91. The van der Waals surface area contributed by atoms with Crippen LogP contribution in [0.5, 0.6) is 0 Å². The number of hydrogen-bond donors (Lipinski definition) is 3. The lowest BCUT2D eigenvalue weighted by molar-refractivity contribution is 0.269. The molecule has 2 aromatic heterocycles. The lowest BCUT2D eigenvalue weighted by Crippen LogP contribution is -2.25. The summed E-state index contributed by atoms with van der Waals surface area (Å²) in [5, 5.41) is 20.2. The van der Waals surface area contributed by atoms with Crippen molar-refractivity contribution in [2.24, 2.45) is 5.73 Å². The minimum absolute atomic E-state index is 0.0772. The maximum atomic E-state index is 8.89. The maximum Gasteiger partial charge on any atom is 0.0997 e. The molecule has 0 aliphatic heterocycles. The number of H-pyrrole nitrogens is 1. The third-order valence-electron chi connectivity index (χ3n) is 2.91. The van der Waals surface area contributed by atoms with Gasteiger partial charge in [-0.25, -0.2) is 0 Å². The molecule has 0 saturated heterocycles. The number of aliphatic hydroxyl groups excluding tert-OH is 1. The molecular formula is C12H20N6O. The first-order chi connectivity index (χ1) is 9.24. The van der Waals surface area contributed by atoms with E-state index in [9.17, 15) is 0 Å². The Bertz CT molecular complexity index is 506. The van der Waals surface area contributed by atoms with Crippen LogP contribution in [-0.4, -0.2) is 56.7 Å². The molecule has 0 aliphatic carbocycles. The second kappa shape index (κ2) is 6.46. The summed E-state index contributed by atoms with van der Waals surface area (Å²) < 4.78 is 1.71. The van der Waals surface area contributed by atoms with E-state index < -0.39 is 0 Å². The number of nitrogens with zero attached hydrogens (tertiary/aromatic N) is 4. The lowest BCUT2D eigenvalue weighted by Gasteiger charge is -2.14. The molecule has 0 bridgehead atoms. The van der Waals surface area contributed by atoms with Gasteiger partial charge in [-0.2, -0.15) is 10.2 Å². The predicted molar refractivity (Wildman–Crippen MR) is 72.3 cm³/mol. The van der Waals surface area contributed by atoms with Crippen molar-refractivity contribution in [2.45, 2.75) is 13.1 Å². The molecular weight excluding hydrogens is 244 g/mol. The Labute approximate surface area is 112 Å². The molecule has 0 unspecified atom stereocenters. The van der Waals surface area contributed by atoms with Crippen molar-refractivity contribution < 1.29 is 5.11 Å². The van der Waals surface area contributed by atoms with Crippen LogP contribution in [0.3, 0.4) is 0 Å². The number of nitrogens with two attached hydrogens (primary N) is 1. The van der Waals surface area contributed by atoms with Gasteiger partial charge in [0.2, 0.25) is 0 Å². The molecule has 104 valence electrons. The fraction of sp³-hybridized carbons (Fsp3) is 0.500. The van der Waals surface area contributed by atoms with Crippen LogP contribution in [0.25, 0.3) is 11.3 Å². The largest absolute Gasteiger partial charge is 0.394 e. The molecule has 0 aromatic carbocycles. The van der Waals surface area contributed by atoms with Crippen LogP contribution in [0.1, 0.15) is 5.56 Å². The Morgan fingerprint density at radius 3 is 3.11 bits per heavy atom. The molecule has 4 N–H and O–H groups in total. The van der Waals surface area contributed by atoms with E-state index in [-0.39, 0.29) is 6.61 Å². The number of hydrogen-bond acceptors (Lipinski definition) is 5. The normalized spacial score (nSPS) is 11.4. The minimum Gasteiger partial charge on any atom is -0.394 e. The zero-order chi connectivity index (χ0) is 13.7. The molecule has 7 heteroatoms. The summed E-state index contributed by atoms with van der Waals surface area (Å²) in [4.78, 5) is 2.15. The molecule has 0 fully saturated rings. The van der Waals surface area contributed by atoms with E-state index in [1.807, 2.05) is 19.4 Å². The smallest absolute Gasteiger partial charge is 0.0997 e. The number of rotatable bonds is 7. The molecule has 0 radical (unpaired) electrons. The van der Waals surface area contributed by atoms with Crippen LogP contribution in [0, 0.1) is 0 Å². The van der Waals surface area contributed by atoms with Gasteiger partial charge in [-0.15, -0.1) is 0 Å². The summed E-state index contributed by atoms with van der Waals surface area (Å²) in [6, 6.07) is 0. The van der Waals surface area contributed by atoms with Crippen molar-refractivity contribution in [3.05, 3.63) is 24.2 Å². The predicted octanol–water partition coefficient (Wildman–Crippen LogP) is -0.344. The zero-order valence-corrected chi connectivity index (χ0v) is 11.1. The van der Waals surface area contributed by atoms with Crippen LogP contribution in [-0.2, 0) is 13.1 Å². The second-order valence-corrected chi connectivity index (χ2v) is 4.50. The summed E-state index contributed by atoms with van der Waals surface area (Å²) in [5.41, 5.74) is 8.50. The summed E-state index contributed by atoms with van der Waals surface area (Å²) >= 11 is 0. The van der Waals surface area contributed by atoms with Crippen molar-refractivity contribution in [3.63, 3.8) is 0 Å². The van der Waals surface area contributed by atoms with Gasteiger partial charge in [-0.1, -0.05) is 0 Å². The quantitative estimate of drug-likeness (QED) is 0.635. The molecule has 7 nitrogen and oxygen atoms in total. The molecule has 0 aliphatic rings. The SMILES string of the molecule is CN(CCN)Cc1c[nH]nc1-c1cnn(CCO)c1. The highest BCUT2D eigenvalue weighted by Crippen LogP contribution is 2.21. The summed E-state index contributed by atoms with van der Waals surface area (Å²) in [5.74, 6) is 0. The van der Waals surface area contributed by atoms with Gasteiger partial charge >= 0.3 is 0 Å². The molecule has 0 amide bonds. The summed E-state index contributed by atoms with van der Waals surface area (Å²) in [6.45, 7) is 2.83. The number of nitrogens with one attached hydrogen (secondary N) is 1. The molecule has 0 saturated carbocycles. The van der Waals surface area contributed by atoms with Crippen molar-refractivity contribution in [2.75, 3.05) is 26.7 Å². The van der Waals surface area contributed by atoms with Gasteiger partial charge in [0.25, 0.3) is 0 Å². The van der Waals surface area contributed by atoms with E-state index in [1.165, 1.54) is 0 Å². The van der Waals surface area contributed by atoms with E-state index in [0.29, 0.717) is 13.1 Å². The van der Waals surface area contributed by atoms with Crippen LogP contribution >= 0.6 is 0 Å². The van der Waals surface area contributed by atoms with Gasteiger partial charge in [-0.3, -0.25) is 9.78 Å². The Kier molecular flexibility index (Phi) is 4.67. The highest BCUT2D eigenvalue weighted by Gasteiger charge is 2.12. The van der Waals surface area contributed by atoms with E-state index in [0.717, 1.165) is 29.9 Å². The van der Waals surface area contributed by atoms with Gasteiger partial charge in [-0.05, 0) is 7.05 Å². The standard InChI is InChI=1S/C12H20N6O/c1-17(3-2-13)8-10-6-14-16-12(10)11-7-15-18(9-11)4-5-19/h6-7,9,19H,2-5,8,13H2,1H3,(H,14,16). The Morgan fingerprint density at radius 2 is 2.37 bits per heavy atom. The highest BCUT2D eigenvalue weighted by atomic mass is 16.3. The molecule has 2 aromatic rings. The number of aromatic nitrogens is 4. The second-order valence-electron chi connectivity index (χ2n) is 4.50. The van der Waals surface area contributed by atoms with Crippen molar-refractivity contribution in [1.82, 2.24) is 24.9 Å². The first kappa shape index (κ1) is 13.7. The van der Waals surface area contributed by atoms with E-state index in [2.05, 4.69) is 20.2 Å². The number of likely N-dealkylation sites (N-methyl/N-ethyl adjacent to an activating group) is 1. The fourth-order valence-electron chi connectivity index (χ4n) is 1.99. The van der Waals surface area contributed by atoms with Crippen LogP contribution in [0.2, 0.25) is 0 Å². The molecule has 19 heavy (non-hydrogen) atoms. The summed E-state index contributed by atoms with van der Waals surface area (Å²) in [6.07, 6.45) is 5.54. The van der Waals surface area contributed by atoms with Gasteiger partial charge in [0.05, 0.1) is 25.0 Å². The van der Waals surface area contributed by atoms with Crippen LogP contribution in [0.15, 0.2) is 18.6 Å². The molecule has 2 rings (SSSR count). The monoisotopic (exact) mass is 264 g/mol. The van der Waals surface area contributed by atoms with Crippen LogP contribution in [0.4, 0.5) is 0 Å². The van der Waals surface area contributed by atoms with E-state index in [1.54, 1.807) is 10.9 Å².